The number of esters is 1. The summed E-state index contributed by atoms with van der Waals surface area (Å²) in [7, 11) is 1.50. The van der Waals surface area contributed by atoms with Crippen molar-refractivity contribution in [2.24, 2.45) is 11.8 Å². The van der Waals surface area contributed by atoms with Crippen molar-refractivity contribution in [2.75, 3.05) is 13.7 Å². The van der Waals surface area contributed by atoms with E-state index in [0.29, 0.717) is 35.1 Å². The molecule has 0 unspecified atom stereocenters. The number of carbonyl (C=O) groups excluding carboxylic acids is 3. The second-order valence-electron chi connectivity index (χ2n) is 7.03. The van der Waals surface area contributed by atoms with Crippen molar-refractivity contribution in [1.29, 1.82) is 0 Å². The van der Waals surface area contributed by atoms with Gasteiger partial charge in [0.2, 0.25) is 11.8 Å². The maximum absolute atomic E-state index is 12.4. The van der Waals surface area contributed by atoms with E-state index < -0.39 is 30.0 Å². The maximum atomic E-state index is 12.4. The van der Waals surface area contributed by atoms with Crippen LogP contribution in [0.1, 0.15) is 18.4 Å². The summed E-state index contributed by atoms with van der Waals surface area (Å²) >= 11 is 0. The summed E-state index contributed by atoms with van der Waals surface area (Å²) < 4.78 is 15.5. The lowest BCUT2D eigenvalue weighted by Gasteiger charge is -2.14. The van der Waals surface area contributed by atoms with Crippen LogP contribution < -0.4 is 10.4 Å². The summed E-state index contributed by atoms with van der Waals surface area (Å²) in [4.78, 5) is 49.9. The molecule has 4 rings (SSSR count). The number of hydrogen-bond acceptors (Lipinski definition) is 7. The van der Waals surface area contributed by atoms with Crippen molar-refractivity contribution in [1.82, 2.24) is 4.90 Å². The Morgan fingerprint density at radius 1 is 1.10 bits per heavy atom. The lowest BCUT2D eigenvalue weighted by molar-refractivity contribution is -0.153. The Bertz CT molecular complexity index is 1060. The van der Waals surface area contributed by atoms with Gasteiger partial charge in [-0.05, 0) is 25.0 Å². The molecule has 2 aliphatic rings. The van der Waals surface area contributed by atoms with Gasteiger partial charge in [-0.2, -0.15) is 0 Å². The number of amides is 2. The number of carbonyl (C=O) groups is 3. The molecule has 0 saturated carbocycles. The quantitative estimate of drug-likeness (QED) is 0.328. The highest BCUT2D eigenvalue weighted by Gasteiger charge is 2.47. The van der Waals surface area contributed by atoms with Crippen LogP contribution in [-0.2, 0) is 25.7 Å². The monoisotopic (exact) mass is 397 g/mol. The number of nitrogens with zero attached hydrogens (tertiary/aromatic N) is 1. The number of ether oxygens (including phenoxy) is 2. The van der Waals surface area contributed by atoms with Crippen LogP contribution in [0.15, 0.2) is 45.6 Å². The molecule has 29 heavy (non-hydrogen) atoms. The Hall–Kier alpha value is -3.42. The lowest BCUT2D eigenvalue weighted by Crippen LogP contribution is -2.36. The third kappa shape index (κ3) is 3.53. The first-order chi connectivity index (χ1) is 14.0. The predicted molar refractivity (Wildman–Crippen MR) is 101 cm³/mol. The predicted octanol–water partition coefficient (Wildman–Crippen LogP) is 1.80. The highest BCUT2D eigenvalue weighted by Crippen LogP contribution is 2.34. The van der Waals surface area contributed by atoms with Crippen LogP contribution in [0, 0.1) is 11.8 Å². The van der Waals surface area contributed by atoms with Crippen LogP contribution in [0.2, 0.25) is 0 Å². The van der Waals surface area contributed by atoms with Crippen LogP contribution >= 0.6 is 0 Å². The minimum atomic E-state index is -0.715. The van der Waals surface area contributed by atoms with Gasteiger partial charge in [-0.25, -0.2) is 4.79 Å². The van der Waals surface area contributed by atoms with Gasteiger partial charge >= 0.3 is 11.6 Å². The van der Waals surface area contributed by atoms with Crippen molar-refractivity contribution in [3.8, 4) is 5.75 Å². The molecule has 1 fully saturated rings. The zero-order chi connectivity index (χ0) is 20.5. The molecule has 2 heterocycles. The molecule has 150 valence electrons. The molecule has 1 aromatic carbocycles. The number of rotatable bonds is 5. The largest absolute Gasteiger partial charge is 0.497 e. The van der Waals surface area contributed by atoms with Crippen molar-refractivity contribution in [3.63, 3.8) is 0 Å². The summed E-state index contributed by atoms with van der Waals surface area (Å²) in [5.74, 6) is -1.64. The van der Waals surface area contributed by atoms with Crippen molar-refractivity contribution in [3.05, 3.63) is 52.4 Å². The fourth-order valence-corrected chi connectivity index (χ4v) is 3.81. The second kappa shape index (κ2) is 7.54. The average Bonchev–Trinajstić information content (AvgIpc) is 2.96. The lowest BCUT2D eigenvalue weighted by atomic mass is 9.85. The van der Waals surface area contributed by atoms with E-state index in [0.717, 1.165) is 4.90 Å². The van der Waals surface area contributed by atoms with E-state index in [1.54, 1.807) is 18.2 Å². The molecule has 0 N–H and O–H groups in total. The maximum Gasteiger partial charge on any atom is 0.336 e. The number of hydrogen-bond donors (Lipinski definition) is 0. The smallest absolute Gasteiger partial charge is 0.336 e. The van der Waals surface area contributed by atoms with Gasteiger partial charge in [0.15, 0.2) is 0 Å². The molecule has 8 nitrogen and oxygen atoms in total. The fraction of sp³-hybridized carbons (Fsp3) is 0.333. The normalized spacial score (nSPS) is 20.8. The van der Waals surface area contributed by atoms with Crippen LogP contribution in [0.5, 0.6) is 5.75 Å². The zero-order valence-corrected chi connectivity index (χ0v) is 15.8. The van der Waals surface area contributed by atoms with Gasteiger partial charge < -0.3 is 13.9 Å². The molecule has 1 aromatic heterocycles. The number of fused-ring (bicyclic) bond motifs is 2. The number of likely N-dealkylation sites (tertiary alicyclic amines) is 1. The Kier molecular flexibility index (Phi) is 4.92. The zero-order valence-electron chi connectivity index (χ0n) is 15.8. The molecule has 2 amide bonds. The summed E-state index contributed by atoms with van der Waals surface area (Å²) in [5, 5.41) is 0.601. The molecular formula is C21H19NO7. The summed E-state index contributed by atoms with van der Waals surface area (Å²) in [6, 6.07) is 6.21. The van der Waals surface area contributed by atoms with Gasteiger partial charge in [-0.1, -0.05) is 12.2 Å². The van der Waals surface area contributed by atoms with E-state index >= 15 is 0 Å². The van der Waals surface area contributed by atoms with Crippen LogP contribution in [0.4, 0.5) is 0 Å². The van der Waals surface area contributed by atoms with Crippen LogP contribution in [0.25, 0.3) is 11.0 Å². The van der Waals surface area contributed by atoms with Gasteiger partial charge in [0.25, 0.3) is 0 Å². The summed E-state index contributed by atoms with van der Waals surface area (Å²) in [6.07, 6.45) is 4.79. The second-order valence-corrected chi connectivity index (χ2v) is 7.03. The van der Waals surface area contributed by atoms with Gasteiger partial charge in [-0.3, -0.25) is 19.3 Å². The van der Waals surface area contributed by atoms with Crippen molar-refractivity contribution < 1.29 is 28.3 Å². The molecule has 8 heteroatoms. The first kappa shape index (κ1) is 18.9. The van der Waals surface area contributed by atoms with Gasteiger partial charge in [-0.15, -0.1) is 0 Å². The minimum absolute atomic E-state index is 0.183. The average molecular weight is 397 g/mol. The molecule has 0 radical (unpaired) electrons. The Balaban J connectivity index is 1.46. The molecule has 2 atom stereocenters. The number of imide groups is 1. The third-order valence-electron chi connectivity index (χ3n) is 5.31. The van der Waals surface area contributed by atoms with E-state index in [4.69, 9.17) is 13.9 Å². The van der Waals surface area contributed by atoms with Gasteiger partial charge in [0.05, 0.1) is 18.9 Å². The van der Waals surface area contributed by atoms with E-state index in [1.807, 2.05) is 12.2 Å². The van der Waals surface area contributed by atoms with E-state index in [1.165, 1.54) is 13.2 Å². The molecule has 2 aromatic rings. The first-order valence-electron chi connectivity index (χ1n) is 9.24. The molecular weight excluding hydrogens is 378 g/mol. The highest BCUT2D eigenvalue weighted by molar-refractivity contribution is 6.07. The Morgan fingerprint density at radius 2 is 1.79 bits per heavy atom. The number of benzene rings is 1. The summed E-state index contributed by atoms with van der Waals surface area (Å²) in [6.45, 7) is -0.615. The third-order valence-corrected chi connectivity index (χ3v) is 5.31. The van der Waals surface area contributed by atoms with Gasteiger partial charge in [0.1, 0.15) is 24.5 Å². The van der Waals surface area contributed by atoms with Crippen molar-refractivity contribution >= 4 is 28.8 Å². The standard InChI is InChI=1S/C21H19NO7/c1-27-13-6-7-14-12(8-18(23)29-17(14)9-13)11-28-19(24)10-22-20(25)15-4-2-3-5-16(15)21(22)26/h2-3,6-9,15-16H,4-5,10-11H2,1H3/t15-,16+. The van der Waals surface area contributed by atoms with E-state index in [2.05, 4.69) is 0 Å². The van der Waals surface area contributed by atoms with Gasteiger partial charge in [0, 0.05) is 23.1 Å². The Morgan fingerprint density at radius 3 is 2.45 bits per heavy atom. The Labute approximate surface area is 165 Å². The molecule has 1 aliphatic heterocycles. The molecule has 0 spiro atoms. The number of methoxy groups -OCH3 is 1. The minimum Gasteiger partial charge on any atom is -0.497 e. The van der Waals surface area contributed by atoms with E-state index in [9.17, 15) is 19.2 Å². The van der Waals surface area contributed by atoms with Crippen molar-refractivity contribution in [2.45, 2.75) is 19.4 Å². The summed E-state index contributed by atoms with van der Waals surface area (Å²) in [5.41, 5.74) is 0.187. The van der Waals surface area contributed by atoms with E-state index in [-0.39, 0.29) is 18.4 Å². The topological polar surface area (TPSA) is 103 Å². The van der Waals surface area contributed by atoms with Crippen LogP contribution in [0.3, 0.4) is 0 Å². The SMILES string of the molecule is COc1ccc2c(COC(=O)CN3C(=O)[C@H]4CC=CC[C@H]4C3=O)cc(=O)oc2c1. The molecule has 0 bridgehead atoms. The molecule has 1 saturated heterocycles. The molecule has 1 aliphatic carbocycles. The fourth-order valence-electron chi connectivity index (χ4n) is 3.81. The number of allylic oxidation sites excluding steroid dienone is 2. The van der Waals surface area contributed by atoms with Crippen LogP contribution in [-0.4, -0.2) is 36.3 Å². The highest BCUT2D eigenvalue weighted by atomic mass is 16.5. The first-order valence-corrected chi connectivity index (χ1v) is 9.24.